The molecule has 0 aromatic heterocycles. The smallest absolute Gasteiger partial charge is 0.418 e. The number of nitrogens with zero attached hydrogens (tertiary/aromatic N) is 2. The van der Waals surface area contributed by atoms with Crippen LogP contribution in [0.5, 0.6) is 34.5 Å². The molecule has 5 amide bonds. The van der Waals surface area contributed by atoms with E-state index in [0.717, 1.165) is 11.3 Å². The monoisotopic (exact) mass is 969 g/mol. The Morgan fingerprint density at radius 3 is 2.26 bits per heavy atom. The molecule has 5 heterocycles. The number of thioether (sulfide) groups is 1. The van der Waals surface area contributed by atoms with Crippen molar-refractivity contribution >= 4 is 47.4 Å². The summed E-state index contributed by atoms with van der Waals surface area (Å²) in [5.74, 6) is 0.185. The largest absolute Gasteiger partial charge is 0.508 e. The molecule has 4 aromatic carbocycles. The van der Waals surface area contributed by atoms with Crippen molar-refractivity contribution in [3.8, 4) is 34.5 Å². The number of benzene rings is 4. The third kappa shape index (κ3) is 9.33. The number of rotatable bonds is 18. The van der Waals surface area contributed by atoms with Crippen molar-refractivity contribution in [2.45, 2.75) is 61.6 Å². The number of aromatic hydroxyl groups is 2. The summed E-state index contributed by atoms with van der Waals surface area (Å²) in [7, 11) is 0. The number of urea groups is 1. The number of phenols is 2. The first-order valence-electron chi connectivity index (χ1n) is 22.3. The van der Waals surface area contributed by atoms with E-state index in [0.29, 0.717) is 54.0 Å². The molecule has 69 heavy (non-hydrogen) atoms. The number of unbranched alkanes of at least 4 members (excludes halogenated alkanes) is 1. The number of ether oxygens (including phenoxy) is 7. The summed E-state index contributed by atoms with van der Waals surface area (Å²) in [4.78, 5) is 77.3. The Hall–Kier alpha value is -7.30. The van der Waals surface area contributed by atoms with Gasteiger partial charge in [0.15, 0.2) is 17.1 Å². The molecule has 9 rings (SSSR count). The summed E-state index contributed by atoms with van der Waals surface area (Å²) < 4.78 is 39.4. The van der Waals surface area contributed by atoms with Crippen LogP contribution in [0.25, 0.3) is 0 Å². The fourth-order valence-corrected chi connectivity index (χ4v) is 10.7. The predicted octanol–water partition coefficient (Wildman–Crippen LogP) is 5.52. The highest BCUT2D eigenvalue weighted by Crippen LogP contribution is 2.57. The molecule has 2 saturated heterocycles. The first-order valence-corrected chi connectivity index (χ1v) is 23.3. The Labute approximate surface area is 397 Å². The van der Waals surface area contributed by atoms with Gasteiger partial charge in [0.25, 0.3) is 11.6 Å². The number of hydrogen-bond acceptors (Lipinski definition) is 17. The Kier molecular flexibility index (Phi) is 13.4. The van der Waals surface area contributed by atoms with Crippen LogP contribution in [0.15, 0.2) is 66.7 Å². The number of hydrogen-bond donors (Lipinski definition) is 5. The van der Waals surface area contributed by atoms with Crippen LogP contribution in [0.4, 0.5) is 15.3 Å². The summed E-state index contributed by atoms with van der Waals surface area (Å²) in [5.41, 5.74) is 0.138. The summed E-state index contributed by atoms with van der Waals surface area (Å²) in [5, 5.41) is 40.7. The van der Waals surface area contributed by atoms with Gasteiger partial charge in [0.05, 0.1) is 60.6 Å². The fourth-order valence-electron chi connectivity index (χ4n) is 9.13. The number of nitrogens with one attached hydrogen (secondary N) is 3. The highest BCUT2D eigenvalue weighted by Gasteiger charge is 2.54. The van der Waals surface area contributed by atoms with Crippen LogP contribution in [-0.4, -0.2) is 119 Å². The molecule has 2 fully saturated rings. The number of nitro benzene ring substituents is 1. The average molecular weight is 970 g/mol. The lowest BCUT2D eigenvalue weighted by molar-refractivity contribution is -0.386. The number of carbonyl (C=O) groups excluding carboxylic acids is 5. The lowest BCUT2D eigenvalue weighted by Crippen LogP contribution is -2.42. The van der Waals surface area contributed by atoms with E-state index in [1.807, 2.05) is 0 Å². The van der Waals surface area contributed by atoms with Crippen molar-refractivity contribution in [2.24, 2.45) is 0 Å². The SMILES string of the molecule is CC(OC(=O)N1C(=O)N[C@@H]2[C@H](CCCCC(=O)NCCOCCOCCNC(=O)c3ccc4c(c3)C3(OC4=O)c4ccc(O)cc4Oc4cc(O)ccc43)SC[C@@H]21)c1cc2c(cc1[N+](=O)[O-])OCO2. The molecule has 0 aliphatic carbocycles. The first kappa shape index (κ1) is 46.8. The van der Waals surface area contributed by atoms with Crippen LogP contribution in [0.1, 0.15) is 81.7 Å². The molecule has 5 N–H and O–H groups in total. The van der Waals surface area contributed by atoms with Gasteiger partial charge in [-0.3, -0.25) is 19.7 Å². The number of fused-ring (bicyclic) bond motifs is 8. The zero-order chi connectivity index (χ0) is 48.4. The van der Waals surface area contributed by atoms with E-state index < -0.39 is 46.7 Å². The summed E-state index contributed by atoms with van der Waals surface area (Å²) in [6, 6.07) is 14.8. The normalized spacial score (nSPS) is 19.1. The van der Waals surface area contributed by atoms with Gasteiger partial charge < -0.3 is 59.3 Å². The molecule has 1 spiro atoms. The van der Waals surface area contributed by atoms with Crippen molar-refractivity contribution in [1.82, 2.24) is 20.9 Å². The molecule has 22 heteroatoms. The van der Waals surface area contributed by atoms with E-state index in [-0.39, 0.29) is 108 Å². The van der Waals surface area contributed by atoms with Gasteiger partial charge in [-0.2, -0.15) is 11.8 Å². The van der Waals surface area contributed by atoms with Crippen LogP contribution in [0, 0.1) is 10.1 Å². The molecule has 0 bridgehead atoms. The second-order valence-electron chi connectivity index (χ2n) is 16.7. The summed E-state index contributed by atoms with van der Waals surface area (Å²) in [6.45, 7) is 2.88. The van der Waals surface area contributed by atoms with Crippen molar-refractivity contribution in [2.75, 3.05) is 52.1 Å². The minimum absolute atomic E-state index is 0.0204. The first-order chi connectivity index (χ1) is 33.3. The molecule has 5 aliphatic heterocycles. The molecule has 4 aromatic rings. The highest BCUT2D eigenvalue weighted by molar-refractivity contribution is 8.00. The van der Waals surface area contributed by atoms with Crippen LogP contribution in [0.2, 0.25) is 0 Å². The van der Waals surface area contributed by atoms with Gasteiger partial charge in [0, 0.05) is 64.9 Å². The second kappa shape index (κ2) is 19.7. The molecule has 1 unspecified atom stereocenters. The minimum Gasteiger partial charge on any atom is -0.508 e. The summed E-state index contributed by atoms with van der Waals surface area (Å²) >= 11 is 1.63. The zero-order valence-corrected chi connectivity index (χ0v) is 37.9. The Morgan fingerprint density at radius 1 is 0.884 bits per heavy atom. The third-order valence-electron chi connectivity index (χ3n) is 12.4. The van der Waals surface area contributed by atoms with Crippen LogP contribution in [0.3, 0.4) is 0 Å². The Morgan fingerprint density at radius 2 is 1.57 bits per heavy atom. The fraction of sp³-hybridized carbons (Fsp3) is 0.383. The van der Waals surface area contributed by atoms with Gasteiger partial charge in [0.1, 0.15) is 29.1 Å². The predicted molar refractivity (Wildman–Crippen MR) is 242 cm³/mol. The molecule has 0 saturated carbocycles. The van der Waals surface area contributed by atoms with Crippen molar-refractivity contribution in [3.05, 3.63) is 110 Å². The van der Waals surface area contributed by atoms with E-state index in [4.69, 9.17) is 33.2 Å². The molecule has 5 aliphatic rings. The van der Waals surface area contributed by atoms with E-state index in [1.54, 1.807) is 30.0 Å². The number of phenolic OH excluding ortho intramolecular Hbond substituents is 2. The van der Waals surface area contributed by atoms with Gasteiger partial charge in [-0.1, -0.05) is 6.42 Å². The van der Waals surface area contributed by atoms with Gasteiger partial charge in [-0.05, 0) is 68.3 Å². The van der Waals surface area contributed by atoms with E-state index in [2.05, 4.69) is 16.0 Å². The summed E-state index contributed by atoms with van der Waals surface area (Å²) in [6.07, 6.45) is 0.396. The topological polar surface area (TPSA) is 273 Å². The van der Waals surface area contributed by atoms with Crippen LogP contribution < -0.4 is 30.2 Å². The standard InChI is InChI=1S/C47H47N5O16S/c1-25(30-21-38-39(65-24-64-38)22-34(30)52(60)61)66-46(59)51-35-23-69-40(42(35)50-45(51)58)4-2-3-5-41(55)48-12-14-62-16-17-63-15-13-49-43(56)26-6-9-29-33(18-26)47(68-44(29)57)31-10-7-27(53)19-36(31)67-37-20-28(54)8-11-32(37)47/h6-11,18-22,25,35,40,42,53-54H,2-5,12-17,23-24H2,1H3,(H,48,55)(H,49,56)(H,50,58)/t25?,35-,40-,42-/m0/s1. The number of carbonyl (C=O) groups is 5. The Balaban J connectivity index is 0.644. The highest BCUT2D eigenvalue weighted by atomic mass is 32.2. The third-order valence-corrected chi connectivity index (χ3v) is 13.9. The van der Waals surface area contributed by atoms with E-state index in [9.17, 15) is 44.3 Å². The number of imide groups is 1. The van der Waals surface area contributed by atoms with Crippen LogP contribution >= 0.6 is 11.8 Å². The van der Waals surface area contributed by atoms with Crippen LogP contribution in [-0.2, 0) is 29.3 Å². The molecular weight excluding hydrogens is 923 g/mol. The molecular formula is C47H47N5O16S. The quantitative estimate of drug-likeness (QED) is 0.0270. The molecule has 21 nitrogen and oxygen atoms in total. The lowest BCUT2D eigenvalue weighted by Gasteiger charge is -2.36. The molecule has 4 atom stereocenters. The van der Waals surface area contributed by atoms with E-state index in [1.165, 1.54) is 55.5 Å². The van der Waals surface area contributed by atoms with Crippen molar-refractivity contribution < 1.29 is 72.3 Å². The Bertz CT molecular complexity index is 2670. The maximum atomic E-state index is 13.3. The maximum absolute atomic E-state index is 13.3. The number of nitro groups is 1. The van der Waals surface area contributed by atoms with E-state index >= 15 is 0 Å². The lowest BCUT2D eigenvalue weighted by atomic mass is 9.77. The molecule has 362 valence electrons. The van der Waals surface area contributed by atoms with Crippen molar-refractivity contribution in [1.29, 1.82) is 0 Å². The second-order valence-corrected chi connectivity index (χ2v) is 18.0. The number of esters is 1. The van der Waals surface area contributed by atoms with Gasteiger partial charge in [-0.25, -0.2) is 19.3 Å². The molecule has 0 radical (unpaired) electrons. The van der Waals surface area contributed by atoms with Gasteiger partial charge in [-0.15, -0.1) is 0 Å². The average Bonchev–Trinajstić information content (AvgIpc) is 4.10. The zero-order valence-electron chi connectivity index (χ0n) is 37.1. The maximum Gasteiger partial charge on any atom is 0.418 e. The van der Waals surface area contributed by atoms with Gasteiger partial charge >= 0.3 is 18.1 Å². The van der Waals surface area contributed by atoms with Gasteiger partial charge in [0.2, 0.25) is 12.7 Å². The minimum atomic E-state index is -1.50. The van der Waals surface area contributed by atoms with Crippen molar-refractivity contribution in [3.63, 3.8) is 0 Å². The number of amides is 5.